The third kappa shape index (κ3) is 5.79. The number of para-hydroxylation sites is 1. The van der Waals surface area contributed by atoms with Gasteiger partial charge in [-0.15, -0.1) is 0 Å². The van der Waals surface area contributed by atoms with Crippen LogP contribution < -0.4 is 10.2 Å². The second kappa shape index (κ2) is 11.6. The number of anilines is 2. The fourth-order valence-electron chi connectivity index (χ4n) is 6.70. The highest BCUT2D eigenvalue weighted by Gasteiger charge is 2.59. The van der Waals surface area contributed by atoms with Crippen molar-refractivity contribution in [2.24, 2.45) is 11.3 Å². The molecule has 2 aliphatic rings. The summed E-state index contributed by atoms with van der Waals surface area (Å²) in [5.41, 5.74) is 6.47. The van der Waals surface area contributed by atoms with Gasteiger partial charge in [0, 0.05) is 54.0 Å². The van der Waals surface area contributed by atoms with E-state index in [4.69, 9.17) is 4.74 Å². The first kappa shape index (κ1) is 28.0. The highest BCUT2D eigenvalue weighted by Crippen LogP contribution is 2.67. The summed E-state index contributed by atoms with van der Waals surface area (Å²) in [6, 6.07) is 26.2. The van der Waals surface area contributed by atoms with Crippen LogP contribution in [-0.4, -0.2) is 54.5 Å². The number of aryl methyl sites for hydroxylation is 1. The van der Waals surface area contributed by atoms with Crippen LogP contribution in [-0.2, 0) is 20.9 Å². The number of hydrogen-bond donors (Lipinski definition) is 2. The number of carbonyl (C=O) groups excluding carboxylic acids is 2. The van der Waals surface area contributed by atoms with E-state index < -0.39 is 0 Å². The molecule has 42 heavy (non-hydrogen) atoms. The van der Waals surface area contributed by atoms with Crippen molar-refractivity contribution in [1.82, 2.24) is 9.88 Å². The summed E-state index contributed by atoms with van der Waals surface area (Å²) in [6.07, 6.45) is 0.408. The van der Waals surface area contributed by atoms with Crippen LogP contribution in [0.3, 0.4) is 0 Å². The van der Waals surface area contributed by atoms with Gasteiger partial charge in [0.2, 0.25) is 11.8 Å². The third-order valence-corrected chi connectivity index (χ3v) is 9.13. The summed E-state index contributed by atoms with van der Waals surface area (Å²) in [7, 11) is 0. The molecule has 0 unspecified atom stereocenters. The second-order valence-electron chi connectivity index (χ2n) is 12.2. The molecule has 0 spiro atoms. The topological polar surface area (TPSA) is 77.7 Å². The van der Waals surface area contributed by atoms with Crippen molar-refractivity contribution in [2.45, 2.75) is 39.7 Å². The molecule has 2 fully saturated rings. The molecule has 0 bridgehead atoms. The van der Waals surface area contributed by atoms with E-state index in [0.717, 1.165) is 48.8 Å². The average Bonchev–Trinajstić information content (AvgIpc) is 3.34. The molecule has 1 aliphatic carbocycles. The highest BCUT2D eigenvalue weighted by atomic mass is 16.5. The van der Waals surface area contributed by atoms with Crippen LogP contribution in [0.1, 0.15) is 43.0 Å². The fraction of sp³-hybridized carbons (Fsp3) is 0.371. The summed E-state index contributed by atoms with van der Waals surface area (Å²) in [4.78, 5) is 34.6. The lowest BCUT2D eigenvalue weighted by molar-refractivity contribution is -0.135. The number of nitrogens with zero attached hydrogens (tertiary/aromatic N) is 2. The van der Waals surface area contributed by atoms with Crippen molar-refractivity contribution >= 4 is 34.1 Å². The molecule has 7 nitrogen and oxygen atoms in total. The van der Waals surface area contributed by atoms with Crippen molar-refractivity contribution in [3.63, 3.8) is 0 Å². The average molecular weight is 565 g/mol. The number of aromatic amines is 1. The summed E-state index contributed by atoms with van der Waals surface area (Å²) < 4.78 is 5.45. The van der Waals surface area contributed by atoms with Crippen molar-refractivity contribution < 1.29 is 14.3 Å². The maximum atomic E-state index is 13.9. The van der Waals surface area contributed by atoms with Crippen LogP contribution in [0.2, 0.25) is 0 Å². The number of benzene rings is 3. The SMILES string of the molecule is Cc1[nH]c2ccccc2c1[C@H]1[C@H](CC(=O)N(CC(=O)Nc2ccc(N3CCOCC3)cc2)Cc2ccccc2)C1(C)C. The minimum atomic E-state index is -0.197. The molecule has 1 aliphatic heterocycles. The number of ether oxygens (including phenoxy) is 1. The molecule has 0 radical (unpaired) electrons. The molecule has 6 rings (SSSR count). The summed E-state index contributed by atoms with van der Waals surface area (Å²) >= 11 is 0. The first-order valence-electron chi connectivity index (χ1n) is 14.9. The Bertz CT molecular complexity index is 1550. The van der Waals surface area contributed by atoms with E-state index in [1.165, 1.54) is 16.6 Å². The Morgan fingerprint density at radius 1 is 0.976 bits per heavy atom. The number of rotatable bonds is 9. The minimum absolute atomic E-state index is 0.00285. The lowest BCUT2D eigenvalue weighted by Crippen LogP contribution is -2.38. The smallest absolute Gasteiger partial charge is 0.244 e. The van der Waals surface area contributed by atoms with Crippen LogP contribution in [0.15, 0.2) is 78.9 Å². The van der Waals surface area contributed by atoms with Crippen molar-refractivity contribution in [1.29, 1.82) is 0 Å². The minimum Gasteiger partial charge on any atom is -0.378 e. The summed E-state index contributed by atoms with van der Waals surface area (Å²) in [6.45, 7) is 10.2. The van der Waals surface area contributed by atoms with E-state index >= 15 is 0 Å². The number of amides is 2. The van der Waals surface area contributed by atoms with E-state index in [9.17, 15) is 9.59 Å². The van der Waals surface area contributed by atoms with Crippen LogP contribution in [0.4, 0.5) is 11.4 Å². The maximum absolute atomic E-state index is 13.9. The van der Waals surface area contributed by atoms with Gasteiger partial charge in [-0.25, -0.2) is 0 Å². The van der Waals surface area contributed by atoms with Crippen molar-refractivity contribution in [2.75, 3.05) is 43.1 Å². The van der Waals surface area contributed by atoms with Gasteiger partial charge in [-0.1, -0.05) is 62.4 Å². The molecular formula is C35H40N4O3. The Morgan fingerprint density at radius 3 is 2.40 bits per heavy atom. The standard InChI is InChI=1S/C35H40N4O3/c1-24-33(28-11-7-8-12-30(28)36-24)34-29(35(34,2)3)21-32(41)39(22-25-9-5-4-6-10-25)23-31(40)37-26-13-15-27(16-14-26)38-17-19-42-20-18-38/h4-16,29,34,36H,17-23H2,1-3H3,(H,37,40)/t29-,34+/m0/s1. The lowest BCUT2D eigenvalue weighted by atomic mass is 10.0. The van der Waals surface area contributed by atoms with Gasteiger partial charge in [0.05, 0.1) is 13.2 Å². The van der Waals surface area contributed by atoms with Crippen LogP contribution in [0.5, 0.6) is 0 Å². The Hall–Kier alpha value is -4.10. The first-order chi connectivity index (χ1) is 20.3. The summed E-state index contributed by atoms with van der Waals surface area (Å²) in [5.74, 6) is 0.305. The van der Waals surface area contributed by atoms with Crippen LogP contribution in [0.25, 0.3) is 10.9 Å². The number of fused-ring (bicyclic) bond motifs is 1. The van der Waals surface area contributed by atoms with Gasteiger partial charge in [0.25, 0.3) is 0 Å². The van der Waals surface area contributed by atoms with Gasteiger partial charge in [0.1, 0.15) is 6.54 Å². The first-order valence-corrected chi connectivity index (χ1v) is 14.9. The third-order valence-electron chi connectivity index (χ3n) is 9.13. The highest BCUT2D eigenvalue weighted by molar-refractivity contribution is 5.95. The number of morpholine rings is 1. The van der Waals surface area contributed by atoms with Gasteiger partial charge < -0.3 is 24.8 Å². The molecule has 4 aromatic rings. The summed E-state index contributed by atoms with van der Waals surface area (Å²) in [5, 5.41) is 4.25. The zero-order chi connectivity index (χ0) is 29.3. The zero-order valence-corrected chi connectivity index (χ0v) is 24.7. The predicted octanol–water partition coefficient (Wildman–Crippen LogP) is 6.11. The molecule has 1 saturated carbocycles. The number of H-pyrrole nitrogens is 1. The van der Waals surface area contributed by atoms with Gasteiger partial charge >= 0.3 is 0 Å². The number of hydrogen-bond acceptors (Lipinski definition) is 4. The second-order valence-corrected chi connectivity index (χ2v) is 12.2. The molecule has 218 valence electrons. The van der Waals surface area contributed by atoms with E-state index in [1.54, 1.807) is 4.90 Å². The van der Waals surface area contributed by atoms with E-state index in [-0.39, 0.29) is 35.6 Å². The number of aromatic nitrogens is 1. The fourth-order valence-corrected chi connectivity index (χ4v) is 6.70. The normalized spacial score (nSPS) is 19.5. The van der Waals surface area contributed by atoms with Gasteiger partial charge in [0.15, 0.2) is 0 Å². The van der Waals surface area contributed by atoms with E-state index in [0.29, 0.717) is 13.0 Å². The van der Waals surface area contributed by atoms with E-state index in [2.05, 4.69) is 54.2 Å². The molecule has 2 N–H and O–H groups in total. The monoisotopic (exact) mass is 564 g/mol. The molecule has 3 aromatic carbocycles. The zero-order valence-electron chi connectivity index (χ0n) is 24.7. The number of carbonyl (C=O) groups is 2. The van der Waals surface area contributed by atoms with Crippen molar-refractivity contribution in [3.8, 4) is 0 Å². The maximum Gasteiger partial charge on any atom is 0.244 e. The molecule has 2 atom stereocenters. The predicted molar refractivity (Wildman–Crippen MR) is 168 cm³/mol. The Labute approximate surface area is 247 Å². The molecule has 1 saturated heterocycles. The van der Waals surface area contributed by atoms with Crippen LogP contribution in [0, 0.1) is 18.3 Å². The van der Waals surface area contributed by atoms with Gasteiger partial charge in [-0.2, -0.15) is 0 Å². The molecular weight excluding hydrogens is 524 g/mol. The molecule has 2 amide bonds. The molecule has 7 heteroatoms. The molecule has 1 aromatic heterocycles. The van der Waals surface area contributed by atoms with Gasteiger partial charge in [-0.3, -0.25) is 9.59 Å². The Balaban J connectivity index is 1.15. The van der Waals surface area contributed by atoms with E-state index in [1.807, 2.05) is 60.7 Å². The van der Waals surface area contributed by atoms with Crippen molar-refractivity contribution in [3.05, 3.63) is 95.7 Å². The molecule has 2 heterocycles. The quantitative estimate of drug-likeness (QED) is 0.257. The Kier molecular flexibility index (Phi) is 7.78. The number of nitrogens with one attached hydrogen (secondary N) is 2. The van der Waals surface area contributed by atoms with Gasteiger partial charge in [-0.05, 0) is 65.6 Å². The lowest BCUT2D eigenvalue weighted by Gasteiger charge is -2.29. The Morgan fingerprint density at radius 2 is 1.67 bits per heavy atom. The largest absolute Gasteiger partial charge is 0.378 e. The van der Waals surface area contributed by atoms with Crippen LogP contribution >= 0.6 is 0 Å².